The van der Waals surface area contributed by atoms with Gasteiger partial charge in [0.1, 0.15) is 0 Å². The third-order valence-corrected chi connectivity index (χ3v) is 5.67. The fourth-order valence-corrected chi connectivity index (χ4v) is 3.52. The zero-order valence-electron chi connectivity index (χ0n) is 21.3. The second-order valence-electron chi connectivity index (χ2n) is 8.78. The lowest BCUT2D eigenvalue weighted by atomic mass is 10.1. The molecule has 0 heterocycles. The van der Waals surface area contributed by atoms with Crippen molar-refractivity contribution in [1.29, 1.82) is 0 Å². The van der Waals surface area contributed by atoms with Crippen LogP contribution in [0.2, 0.25) is 0 Å². The number of rotatable bonds is 14. The second kappa shape index (κ2) is 16.1. The summed E-state index contributed by atoms with van der Waals surface area (Å²) in [5.74, 6) is -0.990. The highest BCUT2D eigenvalue weighted by atomic mass is 16.2. The molecule has 0 aliphatic rings. The van der Waals surface area contributed by atoms with Gasteiger partial charge < -0.3 is 10.6 Å². The number of hydrogen-bond acceptors (Lipinski definition) is 4. The fourth-order valence-electron chi connectivity index (χ4n) is 3.52. The quantitative estimate of drug-likeness (QED) is 0.203. The Morgan fingerprint density at radius 3 is 1.61 bits per heavy atom. The predicted octanol–water partition coefficient (Wildman–Crippen LogP) is 5.58. The smallest absolute Gasteiger partial charge is 0.269 e. The molecule has 2 aromatic carbocycles. The van der Waals surface area contributed by atoms with Crippen LogP contribution in [0.15, 0.2) is 48.5 Å². The maximum atomic E-state index is 12.5. The van der Waals surface area contributed by atoms with Crippen LogP contribution in [0.1, 0.15) is 98.8 Å². The number of benzene rings is 2. The van der Waals surface area contributed by atoms with E-state index in [1.165, 1.54) is 6.42 Å². The van der Waals surface area contributed by atoms with Crippen LogP contribution in [0.5, 0.6) is 0 Å². The minimum Gasteiger partial charge on any atom is -0.326 e. The van der Waals surface area contributed by atoms with Crippen LogP contribution in [0.3, 0.4) is 0 Å². The van der Waals surface area contributed by atoms with Gasteiger partial charge in [0.15, 0.2) is 0 Å². The van der Waals surface area contributed by atoms with Gasteiger partial charge in [-0.3, -0.25) is 30.0 Å². The summed E-state index contributed by atoms with van der Waals surface area (Å²) in [6, 6.07) is 13.0. The van der Waals surface area contributed by atoms with Gasteiger partial charge in [0.05, 0.1) is 0 Å². The number of hydrazine groups is 1. The van der Waals surface area contributed by atoms with Crippen LogP contribution >= 0.6 is 0 Å². The lowest BCUT2D eigenvalue weighted by molar-refractivity contribution is -0.122. The molecule has 0 saturated carbocycles. The first-order valence-corrected chi connectivity index (χ1v) is 12.8. The molecule has 8 nitrogen and oxygen atoms in total. The molecule has 0 bridgehead atoms. The topological polar surface area (TPSA) is 116 Å². The van der Waals surface area contributed by atoms with Gasteiger partial charge in [0, 0.05) is 35.3 Å². The van der Waals surface area contributed by atoms with Crippen LogP contribution in [-0.2, 0) is 9.59 Å². The van der Waals surface area contributed by atoms with E-state index < -0.39 is 5.91 Å². The van der Waals surface area contributed by atoms with E-state index in [1.54, 1.807) is 48.5 Å². The van der Waals surface area contributed by atoms with Crippen molar-refractivity contribution in [1.82, 2.24) is 10.9 Å². The van der Waals surface area contributed by atoms with E-state index in [9.17, 15) is 19.2 Å². The number of carbonyl (C=O) groups is 4. The number of unbranched alkanes of at least 4 members (excludes halogenated alkanes) is 6. The lowest BCUT2D eigenvalue weighted by Gasteiger charge is -2.09. The van der Waals surface area contributed by atoms with E-state index >= 15 is 0 Å². The van der Waals surface area contributed by atoms with Crippen molar-refractivity contribution >= 4 is 35.0 Å². The highest BCUT2D eigenvalue weighted by Gasteiger charge is 2.10. The first-order chi connectivity index (χ1) is 17.4. The van der Waals surface area contributed by atoms with Gasteiger partial charge in [0.2, 0.25) is 11.8 Å². The molecule has 0 spiro atoms. The van der Waals surface area contributed by atoms with Gasteiger partial charge in [-0.05, 0) is 61.4 Å². The summed E-state index contributed by atoms with van der Waals surface area (Å²) in [4.78, 5) is 48.6. The van der Waals surface area contributed by atoms with Crippen molar-refractivity contribution in [3.05, 3.63) is 59.7 Å². The minimum atomic E-state index is -0.431. The molecule has 0 fully saturated rings. The molecule has 8 heteroatoms. The molecule has 0 unspecified atom stereocenters. The number of anilines is 2. The van der Waals surface area contributed by atoms with E-state index in [0.717, 1.165) is 44.9 Å². The van der Waals surface area contributed by atoms with Crippen molar-refractivity contribution in [2.24, 2.45) is 0 Å². The maximum absolute atomic E-state index is 12.5. The fraction of sp³-hybridized carbons (Fsp3) is 0.429. The van der Waals surface area contributed by atoms with Crippen LogP contribution in [0.25, 0.3) is 0 Å². The van der Waals surface area contributed by atoms with Gasteiger partial charge in [-0.15, -0.1) is 0 Å². The third kappa shape index (κ3) is 10.7. The number of hydrogen-bond donors (Lipinski definition) is 4. The van der Waals surface area contributed by atoms with Crippen molar-refractivity contribution < 1.29 is 19.2 Å². The minimum absolute atomic E-state index is 0.0354. The Morgan fingerprint density at radius 2 is 1.00 bits per heavy atom. The Hall–Kier alpha value is -3.68. The first-order valence-electron chi connectivity index (χ1n) is 12.8. The van der Waals surface area contributed by atoms with E-state index in [4.69, 9.17) is 0 Å². The molecule has 2 aromatic rings. The molecule has 0 aliphatic carbocycles. The highest BCUT2D eigenvalue weighted by Crippen LogP contribution is 2.14. The Morgan fingerprint density at radius 1 is 0.528 bits per heavy atom. The van der Waals surface area contributed by atoms with Crippen molar-refractivity contribution in [2.75, 3.05) is 10.6 Å². The molecule has 36 heavy (non-hydrogen) atoms. The molecule has 194 valence electrons. The van der Waals surface area contributed by atoms with Gasteiger partial charge in [0.25, 0.3) is 11.8 Å². The zero-order chi connectivity index (χ0) is 26.2. The van der Waals surface area contributed by atoms with Crippen molar-refractivity contribution in [3.8, 4) is 0 Å². The summed E-state index contributed by atoms with van der Waals surface area (Å²) < 4.78 is 0. The summed E-state index contributed by atoms with van der Waals surface area (Å²) in [5.41, 5.74) is 6.82. The molecule has 0 radical (unpaired) electrons. The van der Waals surface area contributed by atoms with Gasteiger partial charge >= 0.3 is 0 Å². The Labute approximate surface area is 213 Å². The van der Waals surface area contributed by atoms with Gasteiger partial charge in [-0.1, -0.05) is 52.4 Å². The highest BCUT2D eigenvalue weighted by molar-refractivity contribution is 6.05. The second-order valence-corrected chi connectivity index (χ2v) is 8.78. The average Bonchev–Trinajstić information content (AvgIpc) is 2.88. The Bertz CT molecular complexity index is 988. The third-order valence-electron chi connectivity index (χ3n) is 5.67. The number of amides is 4. The molecule has 2 rings (SSSR count). The summed E-state index contributed by atoms with van der Waals surface area (Å²) in [6.07, 6.45) is 9.03. The normalized spacial score (nSPS) is 10.4. The van der Waals surface area contributed by atoms with Crippen molar-refractivity contribution in [2.45, 2.75) is 78.1 Å². The number of nitrogens with one attached hydrogen (secondary N) is 4. The maximum Gasteiger partial charge on any atom is 0.269 e. The first kappa shape index (κ1) is 28.6. The van der Waals surface area contributed by atoms with E-state index in [1.807, 2.05) is 0 Å². The molecular weight excluding hydrogens is 456 g/mol. The summed E-state index contributed by atoms with van der Waals surface area (Å²) in [5, 5.41) is 5.61. The number of carbonyl (C=O) groups excluding carboxylic acids is 4. The Kier molecular flexibility index (Phi) is 12.8. The van der Waals surface area contributed by atoms with Crippen LogP contribution in [-0.4, -0.2) is 23.6 Å². The predicted molar refractivity (Wildman–Crippen MR) is 143 cm³/mol. The molecule has 4 N–H and O–H groups in total. The molecule has 0 atom stereocenters. The van der Waals surface area contributed by atoms with Gasteiger partial charge in [-0.2, -0.15) is 0 Å². The van der Waals surface area contributed by atoms with E-state index in [2.05, 4.69) is 35.3 Å². The van der Waals surface area contributed by atoms with E-state index in [0.29, 0.717) is 35.3 Å². The van der Waals surface area contributed by atoms with Crippen LogP contribution < -0.4 is 21.5 Å². The summed E-state index contributed by atoms with van der Waals surface area (Å²) >= 11 is 0. The standard InChI is InChI=1S/C28H38N4O4/c1-3-5-7-8-10-12-26(34)31-32-28(36)22-15-19-24(20-16-22)30-27(35)21-13-17-23(18-14-21)29-25(33)11-9-6-4-2/h13-20H,3-12H2,1-2H3,(H,29,33)(H,30,35)(H,31,34)(H,32,36). The van der Waals surface area contributed by atoms with Gasteiger partial charge in [-0.25, -0.2) is 0 Å². The van der Waals surface area contributed by atoms with E-state index in [-0.39, 0.29) is 17.7 Å². The Balaban J connectivity index is 1.77. The SMILES string of the molecule is CCCCCCCC(=O)NNC(=O)c1ccc(NC(=O)c2ccc(NC(=O)CCCCC)cc2)cc1. The molecule has 4 amide bonds. The van der Waals surface area contributed by atoms with Crippen LogP contribution in [0, 0.1) is 0 Å². The summed E-state index contributed by atoms with van der Waals surface area (Å²) in [7, 11) is 0. The monoisotopic (exact) mass is 494 g/mol. The lowest BCUT2D eigenvalue weighted by Crippen LogP contribution is -2.41. The molecule has 0 aliphatic heterocycles. The molecular formula is C28H38N4O4. The van der Waals surface area contributed by atoms with Crippen molar-refractivity contribution in [3.63, 3.8) is 0 Å². The largest absolute Gasteiger partial charge is 0.326 e. The molecule has 0 saturated heterocycles. The zero-order valence-corrected chi connectivity index (χ0v) is 21.3. The summed E-state index contributed by atoms with van der Waals surface area (Å²) in [6.45, 7) is 4.23. The molecule has 0 aromatic heterocycles. The average molecular weight is 495 g/mol. The van der Waals surface area contributed by atoms with Crippen LogP contribution in [0.4, 0.5) is 11.4 Å².